The minimum Gasteiger partial charge on any atom is -0.457 e. The summed E-state index contributed by atoms with van der Waals surface area (Å²) in [6, 6.07) is 16.6. The van der Waals surface area contributed by atoms with Gasteiger partial charge in [0.2, 0.25) is 5.91 Å². The summed E-state index contributed by atoms with van der Waals surface area (Å²) in [4.78, 5) is 40.3. The minimum absolute atomic E-state index is 0.250. The Morgan fingerprint density at radius 2 is 1.77 bits per heavy atom. The SMILES string of the molecule is O=C(CN1C(=O)S/C(=C\c2cccc(Oc3ccccc3)c2)C1=O)N1CCOCC1. The summed E-state index contributed by atoms with van der Waals surface area (Å²) in [7, 11) is 0. The number of para-hydroxylation sites is 1. The van der Waals surface area contributed by atoms with Gasteiger partial charge in [0.1, 0.15) is 18.0 Å². The number of ether oxygens (including phenoxy) is 2. The molecule has 2 aliphatic rings. The summed E-state index contributed by atoms with van der Waals surface area (Å²) >= 11 is 0.837. The van der Waals surface area contributed by atoms with Crippen LogP contribution in [0.3, 0.4) is 0 Å². The highest BCUT2D eigenvalue weighted by Crippen LogP contribution is 2.33. The summed E-state index contributed by atoms with van der Waals surface area (Å²) in [5.41, 5.74) is 0.730. The summed E-state index contributed by atoms with van der Waals surface area (Å²) in [6.45, 7) is 1.63. The molecule has 7 nitrogen and oxygen atoms in total. The van der Waals surface area contributed by atoms with Crippen LogP contribution in [0.1, 0.15) is 5.56 Å². The Bertz CT molecular complexity index is 986. The smallest absolute Gasteiger partial charge is 0.294 e. The van der Waals surface area contributed by atoms with Crippen molar-refractivity contribution in [3.63, 3.8) is 0 Å². The maximum atomic E-state index is 12.7. The van der Waals surface area contributed by atoms with Gasteiger partial charge in [-0.25, -0.2) is 0 Å². The highest BCUT2D eigenvalue weighted by atomic mass is 32.2. The van der Waals surface area contributed by atoms with Crippen molar-refractivity contribution in [2.45, 2.75) is 0 Å². The first-order chi connectivity index (χ1) is 14.6. The Labute approximate surface area is 178 Å². The lowest BCUT2D eigenvalue weighted by molar-refractivity contribution is -0.139. The van der Waals surface area contributed by atoms with Crippen LogP contribution in [0, 0.1) is 0 Å². The number of morpholine rings is 1. The molecule has 0 atom stereocenters. The highest BCUT2D eigenvalue weighted by molar-refractivity contribution is 8.18. The molecule has 2 heterocycles. The van der Waals surface area contributed by atoms with Gasteiger partial charge in [-0.1, -0.05) is 30.3 Å². The van der Waals surface area contributed by atoms with Crippen LogP contribution in [0.25, 0.3) is 6.08 Å². The average molecular weight is 424 g/mol. The third-order valence-corrected chi connectivity index (χ3v) is 5.57. The molecule has 0 aromatic heterocycles. The normalized spacial score (nSPS) is 18.2. The fourth-order valence-electron chi connectivity index (χ4n) is 3.13. The lowest BCUT2D eigenvalue weighted by Crippen LogP contribution is -2.46. The van der Waals surface area contributed by atoms with Crippen molar-refractivity contribution in [1.82, 2.24) is 9.80 Å². The first-order valence-electron chi connectivity index (χ1n) is 9.54. The summed E-state index contributed by atoms with van der Waals surface area (Å²) < 4.78 is 11.0. The summed E-state index contributed by atoms with van der Waals surface area (Å²) in [5.74, 6) is 0.620. The van der Waals surface area contributed by atoms with Crippen molar-refractivity contribution in [3.05, 3.63) is 65.1 Å². The molecule has 0 N–H and O–H groups in total. The zero-order valence-corrected chi connectivity index (χ0v) is 17.0. The van der Waals surface area contributed by atoms with Gasteiger partial charge < -0.3 is 14.4 Å². The molecule has 0 saturated carbocycles. The molecule has 0 unspecified atom stereocenters. The number of hydrogen-bond acceptors (Lipinski definition) is 6. The van der Waals surface area contributed by atoms with Gasteiger partial charge in [0, 0.05) is 13.1 Å². The molecule has 30 heavy (non-hydrogen) atoms. The van der Waals surface area contributed by atoms with E-state index < -0.39 is 11.1 Å². The lowest BCUT2D eigenvalue weighted by atomic mass is 10.2. The fourth-order valence-corrected chi connectivity index (χ4v) is 3.97. The van der Waals surface area contributed by atoms with Gasteiger partial charge >= 0.3 is 0 Å². The van der Waals surface area contributed by atoms with E-state index in [1.54, 1.807) is 17.0 Å². The Hall–Kier alpha value is -3.10. The molecule has 2 saturated heterocycles. The van der Waals surface area contributed by atoms with E-state index in [0.29, 0.717) is 37.8 Å². The van der Waals surface area contributed by atoms with E-state index in [0.717, 1.165) is 22.2 Å². The van der Waals surface area contributed by atoms with Gasteiger partial charge in [-0.2, -0.15) is 0 Å². The standard InChI is InChI=1S/C22H20N2O5S/c25-20(23-9-11-28-12-10-23)15-24-21(26)19(30-22(24)27)14-16-5-4-8-18(13-16)29-17-6-2-1-3-7-17/h1-8,13-14H,9-12,15H2/b19-14-. The average Bonchev–Trinajstić information content (AvgIpc) is 3.02. The van der Waals surface area contributed by atoms with Crippen molar-refractivity contribution in [2.24, 2.45) is 0 Å². The van der Waals surface area contributed by atoms with E-state index in [1.807, 2.05) is 48.5 Å². The van der Waals surface area contributed by atoms with Crippen LogP contribution in [0.4, 0.5) is 4.79 Å². The molecule has 154 valence electrons. The number of amides is 3. The second-order valence-corrected chi connectivity index (χ2v) is 7.74. The molecule has 2 aromatic rings. The van der Waals surface area contributed by atoms with E-state index in [2.05, 4.69) is 0 Å². The monoisotopic (exact) mass is 424 g/mol. The largest absolute Gasteiger partial charge is 0.457 e. The molecule has 0 bridgehead atoms. The maximum absolute atomic E-state index is 12.7. The van der Waals surface area contributed by atoms with Gasteiger partial charge in [0.25, 0.3) is 11.1 Å². The van der Waals surface area contributed by atoms with Gasteiger partial charge in [-0.3, -0.25) is 19.3 Å². The Kier molecular flexibility index (Phi) is 6.15. The van der Waals surface area contributed by atoms with Crippen molar-refractivity contribution in [2.75, 3.05) is 32.8 Å². The van der Waals surface area contributed by atoms with Crippen molar-refractivity contribution in [3.8, 4) is 11.5 Å². The van der Waals surface area contributed by atoms with Gasteiger partial charge in [0.15, 0.2) is 0 Å². The van der Waals surface area contributed by atoms with Crippen LogP contribution in [-0.4, -0.2) is 59.7 Å². The molecule has 0 aliphatic carbocycles. The zero-order chi connectivity index (χ0) is 20.9. The van der Waals surface area contributed by atoms with Crippen LogP contribution >= 0.6 is 11.8 Å². The number of carbonyl (C=O) groups excluding carboxylic acids is 3. The summed E-state index contributed by atoms with van der Waals surface area (Å²) in [6.07, 6.45) is 1.64. The number of carbonyl (C=O) groups is 3. The predicted octanol–water partition coefficient (Wildman–Crippen LogP) is 3.37. The van der Waals surface area contributed by atoms with Crippen molar-refractivity contribution in [1.29, 1.82) is 0 Å². The first kappa shape index (κ1) is 20.2. The van der Waals surface area contributed by atoms with Crippen LogP contribution in [-0.2, 0) is 14.3 Å². The van der Waals surface area contributed by atoms with E-state index in [4.69, 9.17) is 9.47 Å². The van der Waals surface area contributed by atoms with Gasteiger partial charge in [0.05, 0.1) is 18.1 Å². The number of benzene rings is 2. The van der Waals surface area contributed by atoms with Crippen LogP contribution < -0.4 is 4.74 Å². The molecule has 2 fully saturated rings. The number of hydrogen-bond donors (Lipinski definition) is 0. The Balaban J connectivity index is 1.45. The molecule has 2 aliphatic heterocycles. The van der Waals surface area contributed by atoms with Gasteiger partial charge in [-0.15, -0.1) is 0 Å². The Morgan fingerprint density at radius 1 is 1.03 bits per heavy atom. The maximum Gasteiger partial charge on any atom is 0.294 e. The van der Waals surface area contributed by atoms with Crippen molar-refractivity contribution >= 4 is 34.9 Å². The van der Waals surface area contributed by atoms with E-state index in [9.17, 15) is 14.4 Å². The molecular weight excluding hydrogens is 404 g/mol. The number of thioether (sulfide) groups is 1. The van der Waals surface area contributed by atoms with Crippen molar-refractivity contribution < 1.29 is 23.9 Å². The topological polar surface area (TPSA) is 76.2 Å². The first-order valence-corrected chi connectivity index (χ1v) is 10.4. The minimum atomic E-state index is -0.457. The quantitative estimate of drug-likeness (QED) is 0.685. The van der Waals surface area contributed by atoms with E-state index >= 15 is 0 Å². The number of nitrogens with zero attached hydrogens (tertiary/aromatic N) is 2. The van der Waals surface area contributed by atoms with Gasteiger partial charge in [-0.05, 0) is 47.7 Å². The Morgan fingerprint density at radius 3 is 2.53 bits per heavy atom. The molecule has 4 rings (SSSR count). The van der Waals surface area contributed by atoms with Crippen LogP contribution in [0.5, 0.6) is 11.5 Å². The number of rotatable bonds is 5. The zero-order valence-electron chi connectivity index (χ0n) is 16.2. The molecule has 8 heteroatoms. The predicted molar refractivity (Wildman–Crippen MR) is 113 cm³/mol. The fraction of sp³-hybridized carbons (Fsp3) is 0.227. The van der Waals surface area contributed by atoms with Crippen LogP contribution in [0.2, 0.25) is 0 Å². The lowest BCUT2D eigenvalue weighted by Gasteiger charge is -2.28. The molecule has 2 aromatic carbocycles. The molecular formula is C22H20N2O5S. The third kappa shape index (κ3) is 4.72. The van der Waals surface area contributed by atoms with Crippen LogP contribution in [0.15, 0.2) is 59.5 Å². The third-order valence-electron chi connectivity index (χ3n) is 4.67. The number of imide groups is 1. The second kappa shape index (κ2) is 9.15. The highest BCUT2D eigenvalue weighted by Gasteiger charge is 2.37. The van der Waals surface area contributed by atoms with E-state index in [-0.39, 0.29) is 17.4 Å². The van der Waals surface area contributed by atoms with E-state index in [1.165, 1.54) is 0 Å². The molecule has 3 amide bonds. The second-order valence-electron chi connectivity index (χ2n) is 6.75. The summed E-state index contributed by atoms with van der Waals surface area (Å²) in [5, 5.41) is -0.440. The molecule has 0 spiro atoms. The molecule has 0 radical (unpaired) electrons.